The number of halogens is 1. The summed E-state index contributed by atoms with van der Waals surface area (Å²) >= 11 is 7.67. The van der Waals surface area contributed by atoms with Crippen molar-refractivity contribution in [1.82, 2.24) is 0 Å². The zero-order valence-corrected chi connectivity index (χ0v) is 16.8. The molecule has 0 N–H and O–H groups in total. The van der Waals surface area contributed by atoms with Gasteiger partial charge >= 0.3 is 0 Å². The van der Waals surface area contributed by atoms with E-state index in [1.807, 2.05) is 47.0 Å². The second kappa shape index (κ2) is 14.0. The first-order valence-corrected chi connectivity index (χ1v) is 11.3. The van der Waals surface area contributed by atoms with Crippen molar-refractivity contribution in [3.63, 3.8) is 0 Å². The van der Waals surface area contributed by atoms with Gasteiger partial charge in [0.15, 0.2) is 0 Å². The average Bonchev–Trinajstić information content (AvgIpc) is 2.48. The Morgan fingerprint density at radius 3 is 1.45 bits per heavy atom. The molecule has 0 spiro atoms. The van der Waals surface area contributed by atoms with E-state index in [9.17, 15) is 4.32 Å². The van der Waals surface area contributed by atoms with Crippen LogP contribution in [0.4, 0.5) is 4.32 Å². The molecule has 0 aliphatic carbocycles. The second-order valence-corrected chi connectivity index (χ2v) is 8.74. The molecule has 2 rings (SSSR count). The Hall–Kier alpha value is 0.655. The number of thioether (sulfide) groups is 4. The molecular weight excluding hydrogens is 362 g/mol. The van der Waals surface area contributed by atoms with Gasteiger partial charge in [-0.2, -0.15) is 0 Å². The Balaban J connectivity index is 0.000000326. The number of rotatable bonds is 0. The zero-order valence-electron chi connectivity index (χ0n) is 13.5. The van der Waals surface area contributed by atoms with Crippen LogP contribution < -0.4 is 10.0 Å². The topological polar surface area (TPSA) is 52.1 Å². The zero-order chi connectivity index (χ0) is 17.0. The van der Waals surface area contributed by atoms with Gasteiger partial charge in [-0.25, -0.2) is 9.15 Å². The third-order valence-corrected chi connectivity index (χ3v) is 7.83. The maximum Gasteiger partial charge on any atom is 0.269 e. The van der Waals surface area contributed by atoms with E-state index in [0.29, 0.717) is 0 Å². The van der Waals surface area contributed by atoms with E-state index in [-0.39, 0.29) is 0 Å². The molecule has 0 saturated heterocycles. The van der Waals surface area contributed by atoms with Gasteiger partial charge in [0.1, 0.15) is 34.6 Å². The molecule has 0 atom stereocenters. The molecule has 0 aromatic rings. The SMILES string of the molecule is CSC1=[N+](C)CCCS1.CSC1=[N+](C)CCCS1.[O-]B([O-])F. The molecule has 0 bridgehead atoms. The summed E-state index contributed by atoms with van der Waals surface area (Å²) in [6.07, 6.45) is 6.96. The molecule has 0 amide bonds. The molecule has 10 heteroatoms. The lowest BCUT2D eigenvalue weighted by Crippen LogP contribution is -2.39. The predicted octanol–water partition coefficient (Wildman–Crippen LogP) is 0.631. The summed E-state index contributed by atoms with van der Waals surface area (Å²) in [5, 5.41) is 16.6. The monoisotopic (exact) mass is 386 g/mol. The van der Waals surface area contributed by atoms with Gasteiger partial charge in [-0.15, -0.1) is 0 Å². The Morgan fingerprint density at radius 1 is 0.955 bits per heavy atom. The molecule has 0 radical (unpaired) electrons. The van der Waals surface area contributed by atoms with E-state index in [2.05, 4.69) is 35.8 Å². The lowest BCUT2D eigenvalue weighted by molar-refractivity contribution is -0.492. The Bertz CT molecular complexity index is 349. The van der Waals surface area contributed by atoms with Gasteiger partial charge in [-0.1, -0.05) is 23.5 Å². The highest BCUT2D eigenvalue weighted by Gasteiger charge is 2.15. The Morgan fingerprint density at radius 2 is 1.27 bits per heavy atom. The van der Waals surface area contributed by atoms with Crippen LogP contribution >= 0.6 is 47.0 Å². The number of hydrogen-bond acceptors (Lipinski definition) is 6. The molecule has 2 aliphatic rings. The van der Waals surface area contributed by atoms with Crippen molar-refractivity contribution in [3.8, 4) is 0 Å². The first kappa shape index (κ1) is 22.7. The van der Waals surface area contributed by atoms with Crippen LogP contribution in [0.15, 0.2) is 0 Å². The molecule has 0 saturated carbocycles. The molecular formula is C12H24BFN2O2S4. The fraction of sp³-hybridized carbons (Fsp3) is 0.833. The molecule has 2 aliphatic heterocycles. The summed E-state index contributed by atoms with van der Waals surface area (Å²) in [5.74, 6) is 2.61. The van der Waals surface area contributed by atoms with Crippen LogP contribution in [0, 0.1) is 0 Å². The molecule has 0 unspecified atom stereocenters. The smallest absolute Gasteiger partial charge is 0.269 e. The average molecular weight is 386 g/mol. The minimum absolute atomic E-state index is 1.24. The van der Waals surface area contributed by atoms with Crippen LogP contribution in [-0.2, 0) is 0 Å². The normalized spacial score (nSPS) is 18.1. The van der Waals surface area contributed by atoms with Gasteiger partial charge in [0, 0.05) is 24.3 Å². The highest BCUT2D eigenvalue weighted by Crippen LogP contribution is 2.19. The molecule has 22 heavy (non-hydrogen) atoms. The van der Waals surface area contributed by atoms with Gasteiger partial charge in [-0.3, -0.25) is 0 Å². The van der Waals surface area contributed by atoms with Crippen molar-refractivity contribution in [2.24, 2.45) is 0 Å². The molecule has 128 valence electrons. The highest BCUT2D eigenvalue weighted by molar-refractivity contribution is 8.38. The van der Waals surface area contributed by atoms with Crippen molar-refractivity contribution in [1.29, 1.82) is 0 Å². The molecule has 2 heterocycles. The van der Waals surface area contributed by atoms with Gasteiger partial charge in [-0.05, 0) is 36.0 Å². The summed E-state index contributed by atoms with van der Waals surface area (Å²) in [5.41, 5.74) is 0. The van der Waals surface area contributed by atoms with Gasteiger partial charge in [0.25, 0.3) is 8.75 Å². The predicted molar refractivity (Wildman–Crippen MR) is 100 cm³/mol. The summed E-state index contributed by atoms with van der Waals surface area (Å²) in [4.78, 5) is 0. The summed E-state index contributed by atoms with van der Waals surface area (Å²) in [6, 6.07) is 0. The maximum atomic E-state index is 9.89. The van der Waals surface area contributed by atoms with Crippen LogP contribution in [0.2, 0.25) is 0 Å². The molecule has 4 nitrogen and oxygen atoms in total. The minimum atomic E-state index is -3.17. The van der Waals surface area contributed by atoms with Crippen molar-refractivity contribution in [2.45, 2.75) is 12.8 Å². The highest BCUT2D eigenvalue weighted by atomic mass is 32.2. The maximum absolute atomic E-state index is 9.89. The molecule has 0 aromatic heterocycles. The van der Waals surface area contributed by atoms with Gasteiger partial charge in [0.2, 0.25) is 0 Å². The fourth-order valence-electron chi connectivity index (χ4n) is 1.75. The lowest BCUT2D eigenvalue weighted by atomic mass is 10.3. The van der Waals surface area contributed by atoms with Crippen molar-refractivity contribution in [2.75, 3.05) is 51.2 Å². The quantitative estimate of drug-likeness (QED) is 0.450. The first-order valence-electron chi connectivity index (χ1n) is 6.87. The van der Waals surface area contributed by atoms with E-state index in [0.717, 1.165) is 0 Å². The van der Waals surface area contributed by atoms with Gasteiger partial charge < -0.3 is 14.4 Å². The largest absolute Gasteiger partial charge is 0.867 e. The standard InChI is InChI=1S/2C6H12NS2.BFO2/c2*1-7-4-3-5-9-6(7)8-2;2-1(3)4/h2*3-5H2,1-2H3;/q2*+1;-2. The third kappa shape index (κ3) is 11.2. The molecule has 0 aromatic carbocycles. The van der Waals surface area contributed by atoms with Crippen LogP contribution in [0.5, 0.6) is 0 Å². The lowest BCUT2D eigenvalue weighted by Gasteiger charge is -2.09. The summed E-state index contributed by atoms with van der Waals surface area (Å²) < 4.78 is 17.5. The Labute approximate surface area is 150 Å². The third-order valence-electron chi connectivity index (χ3n) is 2.70. The summed E-state index contributed by atoms with van der Waals surface area (Å²) in [7, 11) is 1.16. The fourth-order valence-corrected chi connectivity index (χ4v) is 5.52. The van der Waals surface area contributed by atoms with E-state index < -0.39 is 7.40 Å². The summed E-state index contributed by atoms with van der Waals surface area (Å²) in [6.45, 7) is 2.48. The van der Waals surface area contributed by atoms with E-state index in [4.69, 9.17) is 10.0 Å². The second-order valence-electron chi connectivity index (χ2n) is 4.46. The number of hydrogen-bond donors (Lipinski definition) is 0. The van der Waals surface area contributed by atoms with E-state index in [1.54, 1.807) is 0 Å². The Kier molecular flexibility index (Phi) is 14.5. The van der Waals surface area contributed by atoms with E-state index in [1.165, 1.54) is 46.2 Å². The van der Waals surface area contributed by atoms with Crippen LogP contribution in [0.1, 0.15) is 12.8 Å². The first-order chi connectivity index (χ1) is 10.4. The van der Waals surface area contributed by atoms with Crippen LogP contribution in [-0.4, -0.2) is 76.5 Å². The van der Waals surface area contributed by atoms with Gasteiger partial charge in [0.05, 0.1) is 0 Å². The molecule has 0 fully saturated rings. The minimum Gasteiger partial charge on any atom is -0.867 e. The van der Waals surface area contributed by atoms with Crippen molar-refractivity contribution in [3.05, 3.63) is 0 Å². The van der Waals surface area contributed by atoms with Crippen LogP contribution in [0.3, 0.4) is 0 Å². The van der Waals surface area contributed by atoms with Crippen molar-refractivity contribution >= 4 is 63.2 Å². The van der Waals surface area contributed by atoms with E-state index >= 15 is 0 Å². The van der Waals surface area contributed by atoms with Crippen molar-refractivity contribution < 1.29 is 23.5 Å². The van der Waals surface area contributed by atoms with Crippen LogP contribution in [0.25, 0.3) is 0 Å². The number of nitrogens with zero attached hydrogens (tertiary/aromatic N) is 2.